The molecule has 1 unspecified atom stereocenters. The molecule has 1 aliphatic heterocycles. The van der Waals surface area contributed by atoms with E-state index in [4.69, 9.17) is 0 Å². The van der Waals surface area contributed by atoms with Crippen molar-refractivity contribution in [2.24, 2.45) is 0 Å². The standard InChI is InChI=1S/C17H20N2O3/c1-10(2)9-12-5-4-6-13(11(12)3)16(21)18-14-7-8-15(20)19-17(14)22/h4-6,9,14H,7-8H2,1-3H3,(H,18,21)(H,19,20,22). The van der Waals surface area contributed by atoms with Gasteiger partial charge in [0.1, 0.15) is 6.04 Å². The van der Waals surface area contributed by atoms with Crippen molar-refractivity contribution in [3.8, 4) is 0 Å². The first-order chi connectivity index (χ1) is 10.4. The fourth-order valence-corrected chi connectivity index (χ4v) is 2.43. The van der Waals surface area contributed by atoms with E-state index >= 15 is 0 Å². The van der Waals surface area contributed by atoms with Crippen molar-refractivity contribution >= 4 is 23.8 Å². The number of hydrogen-bond acceptors (Lipinski definition) is 3. The third-order valence-corrected chi connectivity index (χ3v) is 3.61. The zero-order valence-electron chi connectivity index (χ0n) is 13.0. The number of hydrogen-bond donors (Lipinski definition) is 2. The highest BCUT2D eigenvalue weighted by Crippen LogP contribution is 2.17. The van der Waals surface area contributed by atoms with Gasteiger partial charge >= 0.3 is 0 Å². The van der Waals surface area contributed by atoms with E-state index in [0.717, 1.165) is 16.7 Å². The van der Waals surface area contributed by atoms with Crippen LogP contribution in [-0.4, -0.2) is 23.8 Å². The van der Waals surface area contributed by atoms with E-state index in [-0.39, 0.29) is 18.2 Å². The lowest BCUT2D eigenvalue weighted by Crippen LogP contribution is -2.52. The molecule has 116 valence electrons. The lowest BCUT2D eigenvalue weighted by atomic mass is 9.99. The SMILES string of the molecule is CC(C)=Cc1cccc(C(=O)NC2CCC(=O)NC2=O)c1C. The molecule has 5 nitrogen and oxygen atoms in total. The molecule has 1 fully saturated rings. The molecule has 5 heteroatoms. The zero-order chi connectivity index (χ0) is 16.3. The van der Waals surface area contributed by atoms with Gasteiger partial charge in [-0.2, -0.15) is 0 Å². The predicted molar refractivity (Wildman–Crippen MR) is 84.1 cm³/mol. The molecule has 0 radical (unpaired) electrons. The molecule has 1 saturated heterocycles. The van der Waals surface area contributed by atoms with Gasteiger partial charge in [-0.3, -0.25) is 19.7 Å². The highest BCUT2D eigenvalue weighted by Gasteiger charge is 2.28. The van der Waals surface area contributed by atoms with Gasteiger partial charge < -0.3 is 5.32 Å². The Morgan fingerprint density at radius 3 is 2.68 bits per heavy atom. The Kier molecular flexibility index (Phi) is 4.75. The van der Waals surface area contributed by atoms with Gasteiger partial charge in [0.05, 0.1) is 0 Å². The summed E-state index contributed by atoms with van der Waals surface area (Å²) in [6.45, 7) is 5.87. The Balaban J connectivity index is 2.18. The summed E-state index contributed by atoms with van der Waals surface area (Å²) in [5, 5.41) is 4.94. The molecule has 2 N–H and O–H groups in total. The molecule has 3 amide bonds. The number of carbonyl (C=O) groups is 3. The van der Waals surface area contributed by atoms with E-state index in [9.17, 15) is 14.4 Å². The van der Waals surface area contributed by atoms with E-state index in [1.807, 2.05) is 39.0 Å². The molecule has 1 heterocycles. The van der Waals surface area contributed by atoms with Gasteiger partial charge in [0.25, 0.3) is 5.91 Å². The summed E-state index contributed by atoms with van der Waals surface area (Å²) >= 11 is 0. The number of piperidine rings is 1. The van der Waals surface area contributed by atoms with Gasteiger partial charge in [0, 0.05) is 12.0 Å². The number of imide groups is 1. The zero-order valence-corrected chi connectivity index (χ0v) is 13.0. The van der Waals surface area contributed by atoms with Gasteiger partial charge in [0.2, 0.25) is 11.8 Å². The normalized spacial score (nSPS) is 17.7. The Morgan fingerprint density at radius 1 is 1.32 bits per heavy atom. The van der Waals surface area contributed by atoms with Crippen LogP contribution < -0.4 is 10.6 Å². The van der Waals surface area contributed by atoms with Crippen molar-refractivity contribution in [1.82, 2.24) is 10.6 Å². The summed E-state index contributed by atoms with van der Waals surface area (Å²) in [7, 11) is 0. The molecule has 1 aliphatic rings. The van der Waals surface area contributed by atoms with Crippen LogP contribution in [0.1, 0.15) is 48.2 Å². The maximum absolute atomic E-state index is 12.4. The largest absolute Gasteiger partial charge is 0.340 e. The summed E-state index contributed by atoms with van der Waals surface area (Å²) in [5.41, 5.74) is 3.54. The molecule has 0 saturated carbocycles. The number of nitrogens with one attached hydrogen (secondary N) is 2. The van der Waals surface area contributed by atoms with Crippen LogP contribution in [0.3, 0.4) is 0 Å². The fraction of sp³-hybridized carbons (Fsp3) is 0.353. The average Bonchev–Trinajstić information content (AvgIpc) is 2.43. The highest BCUT2D eigenvalue weighted by atomic mass is 16.2. The number of allylic oxidation sites excluding steroid dienone is 1. The molecule has 0 aliphatic carbocycles. The fourth-order valence-electron chi connectivity index (χ4n) is 2.43. The van der Waals surface area contributed by atoms with Crippen LogP contribution >= 0.6 is 0 Å². The second-order valence-corrected chi connectivity index (χ2v) is 5.72. The minimum Gasteiger partial charge on any atom is -0.340 e. The maximum Gasteiger partial charge on any atom is 0.252 e. The molecule has 1 atom stereocenters. The molecule has 0 bridgehead atoms. The minimum atomic E-state index is -0.656. The Morgan fingerprint density at radius 2 is 2.05 bits per heavy atom. The van der Waals surface area contributed by atoms with Crippen molar-refractivity contribution in [3.05, 3.63) is 40.5 Å². The number of amides is 3. The minimum absolute atomic E-state index is 0.244. The molecular weight excluding hydrogens is 280 g/mol. The van der Waals surface area contributed by atoms with Crippen molar-refractivity contribution in [2.75, 3.05) is 0 Å². The van der Waals surface area contributed by atoms with Crippen molar-refractivity contribution in [1.29, 1.82) is 0 Å². The van der Waals surface area contributed by atoms with Gasteiger partial charge in [-0.25, -0.2) is 0 Å². The van der Waals surface area contributed by atoms with Crippen molar-refractivity contribution in [2.45, 2.75) is 39.7 Å². The van der Waals surface area contributed by atoms with Gasteiger partial charge in [-0.05, 0) is 44.4 Å². The first-order valence-corrected chi connectivity index (χ1v) is 7.27. The number of benzene rings is 1. The van der Waals surface area contributed by atoms with E-state index in [1.54, 1.807) is 6.07 Å². The number of rotatable bonds is 3. The lowest BCUT2D eigenvalue weighted by molar-refractivity contribution is -0.134. The Hall–Kier alpha value is -2.43. The van der Waals surface area contributed by atoms with Gasteiger partial charge in [-0.1, -0.05) is 23.8 Å². The number of carbonyl (C=O) groups excluding carboxylic acids is 3. The third-order valence-electron chi connectivity index (χ3n) is 3.61. The van der Waals surface area contributed by atoms with Crippen molar-refractivity contribution in [3.63, 3.8) is 0 Å². The summed E-state index contributed by atoms with van der Waals surface area (Å²) in [5.74, 6) is -1.03. The summed E-state index contributed by atoms with van der Waals surface area (Å²) in [4.78, 5) is 35.2. The molecule has 0 spiro atoms. The van der Waals surface area contributed by atoms with E-state index < -0.39 is 11.9 Å². The van der Waals surface area contributed by atoms with Crippen LogP contribution in [0.4, 0.5) is 0 Å². The molecule has 1 aromatic carbocycles. The Labute approximate surface area is 129 Å². The second kappa shape index (κ2) is 6.56. The quantitative estimate of drug-likeness (QED) is 0.838. The predicted octanol–water partition coefficient (Wildman–Crippen LogP) is 1.95. The topological polar surface area (TPSA) is 75.3 Å². The third kappa shape index (κ3) is 3.61. The van der Waals surface area contributed by atoms with Crippen LogP contribution in [0.15, 0.2) is 23.8 Å². The summed E-state index contributed by atoms with van der Waals surface area (Å²) in [6.07, 6.45) is 2.59. The van der Waals surface area contributed by atoms with Gasteiger partial charge in [0.15, 0.2) is 0 Å². The van der Waals surface area contributed by atoms with Crippen LogP contribution in [0.25, 0.3) is 6.08 Å². The van der Waals surface area contributed by atoms with Gasteiger partial charge in [-0.15, -0.1) is 0 Å². The van der Waals surface area contributed by atoms with Crippen LogP contribution in [0.5, 0.6) is 0 Å². The monoisotopic (exact) mass is 300 g/mol. The molecule has 22 heavy (non-hydrogen) atoms. The van der Waals surface area contributed by atoms with Crippen LogP contribution in [0, 0.1) is 6.92 Å². The highest BCUT2D eigenvalue weighted by molar-refractivity contribution is 6.04. The second-order valence-electron chi connectivity index (χ2n) is 5.72. The van der Waals surface area contributed by atoms with E-state index in [1.165, 1.54) is 0 Å². The summed E-state index contributed by atoms with van der Waals surface area (Å²) in [6, 6.07) is 4.85. The molecule has 1 aromatic rings. The van der Waals surface area contributed by atoms with Crippen LogP contribution in [-0.2, 0) is 9.59 Å². The molecule has 2 rings (SSSR count). The van der Waals surface area contributed by atoms with E-state index in [0.29, 0.717) is 12.0 Å². The molecule has 0 aromatic heterocycles. The lowest BCUT2D eigenvalue weighted by Gasteiger charge is -2.22. The van der Waals surface area contributed by atoms with Crippen molar-refractivity contribution < 1.29 is 14.4 Å². The molecular formula is C17H20N2O3. The first kappa shape index (κ1) is 15.9. The van der Waals surface area contributed by atoms with Crippen LogP contribution in [0.2, 0.25) is 0 Å². The Bertz CT molecular complexity index is 658. The van der Waals surface area contributed by atoms with E-state index in [2.05, 4.69) is 10.6 Å². The summed E-state index contributed by atoms with van der Waals surface area (Å²) < 4.78 is 0. The first-order valence-electron chi connectivity index (χ1n) is 7.27. The average molecular weight is 300 g/mol. The smallest absolute Gasteiger partial charge is 0.252 e. The maximum atomic E-state index is 12.4.